The summed E-state index contributed by atoms with van der Waals surface area (Å²) >= 11 is 0. The van der Waals surface area contributed by atoms with Crippen molar-refractivity contribution in [1.29, 1.82) is 0 Å². The minimum atomic E-state index is -3.78. The van der Waals surface area contributed by atoms with Gasteiger partial charge in [-0.2, -0.15) is 0 Å². The first-order valence-corrected chi connectivity index (χ1v) is 10.1. The van der Waals surface area contributed by atoms with E-state index in [2.05, 4.69) is 4.72 Å². The van der Waals surface area contributed by atoms with E-state index in [4.69, 9.17) is 9.47 Å². The minimum Gasteiger partial charge on any atom is -0.467 e. The fraction of sp³-hybridized carbons (Fsp3) is 0.556. The summed E-state index contributed by atoms with van der Waals surface area (Å²) in [5.74, 6) is -0.613. The third-order valence-corrected chi connectivity index (χ3v) is 5.59. The second kappa shape index (κ2) is 7.85. The lowest BCUT2D eigenvalue weighted by Gasteiger charge is -2.27. The number of carbonyl (C=O) groups is 2. The van der Waals surface area contributed by atoms with Gasteiger partial charge in [-0.25, -0.2) is 22.7 Å². The number of ether oxygens (including phenoxy) is 2. The van der Waals surface area contributed by atoms with Crippen molar-refractivity contribution in [1.82, 2.24) is 9.62 Å². The van der Waals surface area contributed by atoms with E-state index in [0.717, 1.165) is 5.56 Å². The van der Waals surface area contributed by atoms with E-state index in [1.54, 1.807) is 32.9 Å². The van der Waals surface area contributed by atoms with Gasteiger partial charge in [-0.05, 0) is 46.2 Å². The van der Waals surface area contributed by atoms with Gasteiger partial charge < -0.3 is 9.47 Å². The van der Waals surface area contributed by atoms with Crippen LogP contribution in [0.25, 0.3) is 0 Å². The molecule has 1 aliphatic rings. The largest absolute Gasteiger partial charge is 0.467 e. The van der Waals surface area contributed by atoms with Crippen LogP contribution in [0.2, 0.25) is 0 Å². The van der Waals surface area contributed by atoms with E-state index >= 15 is 0 Å². The van der Waals surface area contributed by atoms with Crippen LogP contribution in [0.3, 0.4) is 0 Å². The molecule has 1 aliphatic heterocycles. The third-order valence-electron chi connectivity index (χ3n) is 4.06. The topological polar surface area (TPSA) is 102 Å². The number of rotatable bonds is 4. The van der Waals surface area contributed by atoms with Gasteiger partial charge in [0.1, 0.15) is 11.6 Å². The summed E-state index contributed by atoms with van der Waals surface area (Å²) in [6.07, 6.45) is -0.577. The molecule has 8 nitrogen and oxygen atoms in total. The van der Waals surface area contributed by atoms with Crippen molar-refractivity contribution in [2.75, 3.05) is 13.7 Å². The Kier molecular flexibility index (Phi) is 6.16. The number of esters is 1. The van der Waals surface area contributed by atoms with E-state index < -0.39 is 39.8 Å². The highest BCUT2D eigenvalue weighted by Gasteiger charge is 2.43. The number of sulfonamides is 1. The van der Waals surface area contributed by atoms with Gasteiger partial charge in [-0.15, -0.1) is 0 Å². The van der Waals surface area contributed by atoms with Crippen LogP contribution in [0.15, 0.2) is 29.2 Å². The number of nitrogens with zero attached hydrogens (tertiary/aromatic N) is 1. The predicted octanol–water partition coefficient (Wildman–Crippen LogP) is 1.82. The molecule has 2 rings (SSSR count). The van der Waals surface area contributed by atoms with Crippen LogP contribution in [0.5, 0.6) is 0 Å². The van der Waals surface area contributed by atoms with Crippen LogP contribution in [0, 0.1) is 6.92 Å². The first-order valence-electron chi connectivity index (χ1n) is 8.59. The average Bonchev–Trinajstić information content (AvgIpc) is 2.96. The van der Waals surface area contributed by atoms with Crippen molar-refractivity contribution in [3.8, 4) is 0 Å². The summed E-state index contributed by atoms with van der Waals surface area (Å²) in [6.45, 7) is 7.02. The minimum absolute atomic E-state index is 0.0137. The van der Waals surface area contributed by atoms with Gasteiger partial charge in [0.05, 0.1) is 12.0 Å². The van der Waals surface area contributed by atoms with E-state index in [1.165, 1.54) is 24.1 Å². The zero-order valence-electron chi connectivity index (χ0n) is 16.2. The fourth-order valence-corrected chi connectivity index (χ4v) is 4.05. The van der Waals surface area contributed by atoms with Gasteiger partial charge in [0.2, 0.25) is 10.0 Å². The molecular formula is C18H26N2O6S. The number of benzene rings is 1. The van der Waals surface area contributed by atoms with Gasteiger partial charge in [-0.1, -0.05) is 17.7 Å². The van der Waals surface area contributed by atoms with Gasteiger partial charge in [0.15, 0.2) is 0 Å². The van der Waals surface area contributed by atoms with Crippen molar-refractivity contribution in [2.45, 2.75) is 56.7 Å². The molecule has 0 bridgehead atoms. The first-order chi connectivity index (χ1) is 12.4. The predicted molar refractivity (Wildman–Crippen MR) is 98.6 cm³/mol. The van der Waals surface area contributed by atoms with Gasteiger partial charge in [0, 0.05) is 12.6 Å². The molecule has 9 heteroatoms. The lowest BCUT2D eigenvalue weighted by Crippen LogP contribution is -2.44. The van der Waals surface area contributed by atoms with Crippen LogP contribution >= 0.6 is 0 Å². The Hall–Kier alpha value is -2.13. The van der Waals surface area contributed by atoms with E-state index in [9.17, 15) is 18.0 Å². The zero-order valence-corrected chi connectivity index (χ0v) is 17.0. The summed E-state index contributed by atoms with van der Waals surface area (Å²) in [5.41, 5.74) is 0.203. The van der Waals surface area contributed by atoms with Gasteiger partial charge in [-0.3, -0.25) is 4.90 Å². The summed E-state index contributed by atoms with van der Waals surface area (Å²) < 4.78 is 37.8. The molecule has 150 valence electrons. The molecule has 1 heterocycles. The van der Waals surface area contributed by atoms with E-state index in [0.29, 0.717) is 0 Å². The van der Waals surface area contributed by atoms with Crippen LogP contribution < -0.4 is 4.72 Å². The molecule has 0 unspecified atom stereocenters. The highest BCUT2D eigenvalue weighted by Crippen LogP contribution is 2.24. The molecule has 0 saturated carbocycles. The number of likely N-dealkylation sites (tertiary alicyclic amines) is 1. The number of carbonyl (C=O) groups excluding carboxylic acids is 2. The Morgan fingerprint density at radius 3 is 2.30 bits per heavy atom. The lowest BCUT2D eigenvalue weighted by molar-refractivity contribution is -0.145. The zero-order chi connectivity index (χ0) is 20.4. The summed E-state index contributed by atoms with van der Waals surface area (Å²) in [7, 11) is -2.56. The molecule has 1 aromatic rings. The maximum Gasteiger partial charge on any atom is 0.411 e. The number of hydrogen-bond donors (Lipinski definition) is 1. The van der Waals surface area contributed by atoms with Crippen LogP contribution in [0.4, 0.5) is 4.79 Å². The molecule has 1 aromatic carbocycles. The number of methoxy groups -OCH3 is 1. The lowest BCUT2D eigenvalue weighted by atomic mass is 10.2. The fourth-order valence-electron chi connectivity index (χ4n) is 2.81. The Bertz CT molecular complexity index is 798. The molecule has 0 radical (unpaired) electrons. The maximum atomic E-state index is 12.6. The van der Waals surface area contributed by atoms with Crippen molar-refractivity contribution >= 4 is 22.1 Å². The Labute approximate surface area is 159 Å². The molecule has 1 saturated heterocycles. The van der Waals surface area contributed by atoms with Crippen molar-refractivity contribution in [3.63, 3.8) is 0 Å². The molecule has 0 aromatic heterocycles. The van der Waals surface area contributed by atoms with Crippen molar-refractivity contribution in [2.24, 2.45) is 0 Å². The standard InChI is InChI=1S/C18H26N2O6S/c1-12-6-8-14(9-7-12)27(23,24)19-13-10-15(16(21)25-5)20(11-13)17(22)26-18(2,3)4/h6-9,13,15,19H,10-11H2,1-5H3/t13-,15+/m1/s1. The normalized spacial score (nSPS) is 20.4. The monoisotopic (exact) mass is 398 g/mol. The molecule has 2 atom stereocenters. The Balaban J connectivity index is 2.18. The van der Waals surface area contributed by atoms with Crippen LogP contribution in [-0.2, 0) is 24.3 Å². The second-order valence-corrected chi connectivity index (χ2v) is 9.25. The van der Waals surface area contributed by atoms with Crippen LogP contribution in [-0.4, -0.2) is 56.7 Å². The number of amides is 1. The Morgan fingerprint density at radius 1 is 1.19 bits per heavy atom. The molecule has 0 spiro atoms. The smallest absolute Gasteiger partial charge is 0.411 e. The second-order valence-electron chi connectivity index (χ2n) is 7.54. The van der Waals surface area contributed by atoms with E-state index in [-0.39, 0.29) is 17.9 Å². The molecule has 0 aliphatic carbocycles. The maximum absolute atomic E-state index is 12.6. The molecule has 27 heavy (non-hydrogen) atoms. The van der Waals surface area contributed by atoms with Crippen molar-refractivity contribution in [3.05, 3.63) is 29.8 Å². The quantitative estimate of drug-likeness (QED) is 0.777. The number of hydrogen-bond acceptors (Lipinski definition) is 6. The Morgan fingerprint density at radius 2 is 1.78 bits per heavy atom. The molecule has 1 amide bonds. The SMILES string of the molecule is COC(=O)[C@@H]1C[C@@H](NS(=O)(=O)c2ccc(C)cc2)CN1C(=O)OC(C)(C)C. The summed E-state index contributed by atoms with van der Waals surface area (Å²) in [4.78, 5) is 25.8. The highest BCUT2D eigenvalue weighted by atomic mass is 32.2. The number of aryl methyl sites for hydroxylation is 1. The number of nitrogens with one attached hydrogen (secondary N) is 1. The molecular weight excluding hydrogens is 372 g/mol. The van der Waals surface area contributed by atoms with E-state index in [1.807, 2.05) is 6.92 Å². The highest BCUT2D eigenvalue weighted by molar-refractivity contribution is 7.89. The van der Waals surface area contributed by atoms with Crippen molar-refractivity contribution < 1.29 is 27.5 Å². The van der Waals surface area contributed by atoms with Gasteiger partial charge >= 0.3 is 12.1 Å². The van der Waals surface area contributed by atoms with Gasteiger partial charge in [0.25, 0.3) is 0 Å². The summed E-state index contributed by atoms with van der Waals surface area (Å²) in [6, 6.07) is 4.89. The van der Waals surface area contributed by atoms with Crippen LogP contribution in [0.1, 0.15) is 32.8 Å². The molecule has 1 fully saturated rings. The molecule has 1 N–H and O–H groups in total. The first kappa shape index (κ1) is 21.2. The third kappa shape index (κ3) is 5.43. The summed E-state index contributed by atoms with van der Waals surface area (Å²) in [5, 5.41) is 0. The average molecular weight is 398 g/mol.